The average molecular weight is 372 g/mol. The number of benzene rings is 1. The van der Waals surface area contributed by atoms with Crippen molar-refractivity contribution in [3.8, 4) is 0 Å². The molecule has 22 heavy (non-hydrogen) atoms. The molecule has 1 heterocycles. The fourth-order valence-corrected chi connectivity index (χ4v) is 4.69. The topological polar surface area (TPSA) is 150 Å². The van der Waals surface area contributed by atoms with Gasteiger partial charge in [-0.25, -0.2) is 22.0 Å². The molecule has 0 amide bonds. The third kappa shape index (κ3) is 3.20. The molecule has 0 aliphatic carbocycles. The maximum absolute atomic E-state index is 12.5. The minimum absolute atomic E-state index is 0.132. The standard InChI is InChI=1S/C10H14ClN3O6S2/c11-7-1-8-10(2-9(7)21(12,17)18)22(19,20)14(5-13-8)3-6(16)4-15/h1-2,6,13,15-16H,3-5H2,(H2,12,17,18). The first-order chi connectivity index (χ1) is 10.1. The Morgan fingerprint density at radius 1 is 1.45 bits per heavy atom. The van der Waals surface area contributed by atoms with E-state index < -0.39 is 37.7 Å². The lowest BCUT2D eigenvalue weighted by Gasteiger charge is -2.30. The molecule has 124 valence electrons. The predicted molar refractivity (Wildman–Crippen MR) is 78.3 cm³/mol. The zero-order valence-electron chi connectivity index (χ0n) is 11.1. The van der Waals surface area contributed by atoms with Crippen molar-refractivity contribution in [3.63, 3.8) is 0 Å². The van der Waals surface area contributed by atoms with E-state index >= 15 is 0 Å². The van der Waals surface area contributed by atoms with Crippen LogP contribution in [-0.2, 0) is 20.0 Å². The molecule has 1 unspecified atom stereocenters. The van der Waals surface area contributed by atoms with Crippen LogP contribution in [0.2, 0.25) is 5.02 Å². The number of β-amino-alcohol motifs (C(OH)–C–C–N with tert-alkyl or cyclic N) is 1. The molecule has 0 saturated heterocycles. The molecule has 12 heteroatoms. The lowest BCUT2D eigenvalue weighted by atomic mass is 10.3. The van der Waals surface area contributed by atoms with E-state index in [1.54, 1.807) is 0 Å². The van der Waals surface area contributed by atoms with Gasteiger partial charge in [0.25, 0.3) is 0 Å². The summed E-state index contributed by atoms with van der Waals surface area (Å²) >= 11 is 5.80. The van der Waals surface area contributed by atoms with E-state index in [9.17, 15) is 21.9 Å². The molecule has 2 rings (SSSR count). The van der Waals surface area contributed by atoms with Crippen LogP contribution in [0.25, 0.3) is 0 Å². The molecule has 0 aromatic heterocycles. The summed E-state index contributed by atoms with van der Waals surface area (Å²) in [5.41, 5.74) is 0.132. The van der Waals surface area contributed by atoms with Crippen molar-refractivity contribution in [2.75, 3.05) is 25.1 Å². The number of rotatable bonds is 4. The summed E-state index contributed by atoms with van der Waals surface area (Å²) in [6.45, 7) is -1.11. The maximum Gasteiger partial charge on any atom is 0.246 e. The van der Waals surface area contributed by atoms with Gasteiger partial charge in [-0.1, -0.05) is 11.6 Å². The van der Waals surface area contributed by atoms with Gasteiger partial charge in [-0.15, -0.1) is 0 Å². The number of nitrogens with two attached hydrogens (primary N) is 1. The van der Waals surface area contributed by atoms with Crippen molar-refractivity contribution in [2.45, 2.75) is 15.9 Å². The Morgan fingerprint density at radius 3 is 2.64 bits per heavy atom. The average Bonchev–Trinajstić information content (AvgIpc) is 2.40. The van der Waals surface area contributed by atoms with Crippen LogP contribution < -0.4 is 10.5 Å². The molecule has 0 spiro atoms. The molecule has 9 nitrogen and oxygen atoms in total. The van der Waals surface area contributed by atoms with Gasteiger partial charge in [0.15, 0.2) is 0 Å². The Kier molecular flexibility index (Phi) is 4.69. The molecule has 1 aliphatic heterocycles. The number of hydrogen-bond acceptors (Lipinski definition) is 7. The Bertz CT molecular complexity index is 795. The van der Waals surface area contributed by atoms with E-state index in [1.807, 2.05) is 0 Å². The van der Waals surface area contributed by atoms with Gasteiger partial charge < -0.3 is 15.5 Å². The fraction of sp³-hybridized carbons (Fsp3) is 0.400. The molecule has 0 fully saturated rings. The van der Waals surface area contributed by atoms with Crippen LogP contribution in [-0.4, -0.2) is 57.3 Å². The highest BCUT2D eigenvalue weighted by Gasteiger charge is 2.34. The normalized spacial score (nSPS) is 19.3. The minimum Gasteiger partial charge on any atom is -0.394 e. The van der Waals surface area contributed by atoms with E-state index in [0.717, 1.165) is 16.4 Å². The summed E-state index contributed by atoms with van der Waals surface area (Å²) in [6, 6.07) is 2.03. The molecule has 1 aromatic carbocycles. The number of nitrogens with one attached hydrogen (secondary N) is 1. The van der Waals surface area contributed by atoms with Crippen molar-refractivity contribution in [1.82, 2.24) is 4.31 Å². The maximum atomic E-state index is 12.5. The van der Waals surface area contributed by atoms with Crippen LogP contribution >= 0.6 is 11.6 Å². The number of anilines is 1. The number of aliphatic hydroxyl groups is 2. The van der Waals surface area contributed by atoms with Gasteiger partial charge in [0.2, 0.25) is 20.0 Å². The number of fused-ring (bicyclic) bond motifs is 1. The van der Waals surface area contributed by atoms with Gasteiger partial charge in [-0.3, -0.25) is 0 Å². The van der Waals surface area contributed by atoms with Gasteiger partial charge in [0.05, 0.1) is 30.1 Å². The Balaban J connectivity index is 2.55. The molecule has 0 radical (unpaired) electrons. The van der Waals surface area contributed by atoms with Crippen molar-refractivity contribution in [3.05, 3.63) is 17.2 Å². The lowest BCUT2D eigenvalue weighted by molar-refractivity contribution is 0.0795. The first-order valence-electron chi connectivity index (χ1n) is 5.96. The predicted octanol–water partition coefficient (Wildman–Crippen LogP) is -1.29. The van der Waals surface area contributed by atoms with Crippen LogP contribution in [0.1, 0.15) is 0 Å². The lowest BCUT2D eigenvalue weighted by Crippen LogP contribution is -2.44. The monoisotopic (exact) mass is 371 g/mol. The van der Waals surface area contributed by atoms with E-state index in [1.165, 1.54) is 0 Å². The number of sulfonamides is 2. The summed E-state index contributed by atoms with van der Waals surface area (Å²) < 4.78 is 48.7. The smallest absolute Gasteiger partial charge is 0.246 e. The van der Waals surface area contributed by atoms with Crippen molar-refractivity contribution in [2.24, 2.45) is 5.14 Å². The van der Waals surface area contributed by atoms with E-state index in [-0.39, 0.29) is 28.8 Å². The summed E-state index contributed by atoms with van der Waals surface area (Å²) in [5, 5.41) is 25.8. The first-order valence-corrected chi connectivity index (χ1v) is 9.33. The van der Waals surface area contributed by atoms with Gasteiger partial charge in [-0.2, -0.15) is 4.31 Å². The quantitative estimate of drug-likeness (QED) is 0.514. The van der Waals surface area contributed by atoms with Crippen molar-refractivity contribution >= 4 is 37.3 Å². The molecule has 1 aromatic rings. The molecule has 1 atom stereocenters. The SMILES string of the molecule is NS(=O)(=O)c1cc2c(cc1Cl)NCN(CC(O)CO)S2(=O)=O. The highest BCUT2D eigenvalue weighted by Crippen LogP contribution is 2.35. The van der Waals surface area contributed by atoms with Crippen molar-refractivity contribution < 1.29 is 27.0 Å². The van der Waals surface area contributed by atoms with E-state index in [4.69, 9.17) is 21.8 Å². The third-order valence-electron chi connectivity index (χ3n) is 3.03. The molecular weight excluding hydrogens is 358 g/mol. The largest absolute Gasteiger partial charge is 0.394 e. The van der Waals surface area contributed by atoms with Crippen LogP contribution in [0.5, 0.6) is 0 Å². The molecule has 1 aliphatic rings. The Hall–Kier alpha value is -0.950. The van der Waals surface area contributed by atoms with Crippen LogP contribution in [0, 0.1) is 0 Å². The minimum atomic E-state index is -4.19. The Morgan fingerprint density at radius 2 is 2.09 bits per heavy atom. The molecule has 0 bridgehead atoms. The van der Waals surface area contributed by atoms with E-state index in [0.29, 0.717) is 0 Å². The molecule has 0 saturated carbocycles. The second kappa shape index (κ2) is 5.92. The second-order valence-corrected chi connectivity index (χ2v) is 8.48. The fourth-order valence-electron chi connectivity index (χ4n) is 1.96. The number of hydrogen-bond donors (Lipinski definition) is 4. The number of aliphatic hydroxyl groups excluding tert-OH is 2. The summed E-state index contributed by atoms with van der Waals surface area (Å²) in [4.78, 5) is -0.833. The van der Waals surface area contributed by atoms with Crippen LogP contribution in [0.15, 0.2) is 21.9 Å². The first kappa shape index (κ1) is 17.4. The molecule has 5 N–H and O–H groups in total. The third-order valence-corrected chi connectivity index (χ3v) is 6.26. The van der Waals surface area contributed by atoms with Crippen molar-refractivity contribution in [1.29, 1.82) is 0 Å². The number of halogens is 1. The summed E-state index contributed by atoms with van der Waals surface area (Å²) in [6.07, 6.45) is -1.26. The molecular formula is C10H14ClN3O6S2. The second-order valence-electron chi connectivity index (χ2n) is 4.63. The summed E-state index contributed by atoms with van der Waals surface area (Å²) in [7, 11) is -8.26. The Labute approximate surface area is 132 Å². The van der Waals surface area contributed by atoms with Gasteiger partial charge >= 0.3 is 0 Å². The van der Waals surface area contributed by atoms with Gasteiger partial charge in [0.1, 0.15) is 9.79 Å². The zero-order valence-corrected chi connectivity index (χ0v) is 13.5. The van der Waals surface area contributed by atoms with Gasteiger partial charge in [-0.05, 0) is 12.1 Å². The van der Waals surface area contributed by atoms with Crippen LogP contribution in [0.4, 0.5) is 5.69 Å². The zero-order chi connectivity index (χ0) is 16.7. The van der Waals surface area contributed by atoms with E-state index in [2.05, 4.69) is 5.32 Å². The highest BCUT2D eigenvalue weighted by molar-refractivity contribution is 7.90. The summed E-state index contributed by atoms with van der Waals surface area (Å²) in [5.74, 6) is 0. The van der Waals surface area contributed by atoms with Crippen LogP contribution in [0.3, 0.4) is 0 Å². The number of primary sulfonamides is 1. The highest BCUT2D eigenvalue weighted by atomic mass is 35.5. The number of nitrogens with zero attached hydrogens (tertiary/aromatic N) is 1. The van der Waals surface area contributed by atoms with Gasteiger partial charge in [0, 0.05) is 6.54 Å².